The fourth-order valence-corrected chi connectivity index (χ4v) is 4.32. The molecule has 3 atom stereocenters. The van der Waals surface area contributed by atoms with Gasteiger partial charge in [0.25, 0.3) is 0 Å². The van der Waals surface area contributed by atoms with E-state index in [1.807, 2.05) is 6.07 Å². The van der Waals surface area contributed by atoms with Gasteiger partial charge in [-0.2, -0.15) is 5.26 Å². The van der Waals surface area contributed by atoms with Crippen LogP contribution in [0.4, 0.5) is 0 Å². The van der Waals surface area contributed by atoms with E-state index in [1.54, 1.807) is 38.3 Å². The summed E-state index contributed by atoms with van der Waals surface area (Å²) >= 11 is 0. The molecular weight excluding hydrogens is 264 g/mol. The fraction of sp³-hybridized carbons (Fsp3) is 0.462. The first kappa shape index (κ1) is 13.8. The van der Waals surface area contributed by atoms with Crippen molar-refractivity contribution in [1.29, 1.82) is 5.26 Å². The average Bonchev–Trinajstić information content (AvgIpc) is 3.07. The summed E-state index contributed by atoms with van der Waals surface area (Å²) < 4.78 is 29.0. The fourth-order valence-electron chi connectivity index (χ4n) is 2.45. The Kier molecular flexibility index (Phi) is 3.29. The molecule has 5 nitrogen and oxygen atoms in total. The molecule has 1 saturated carbocycles. The summed E-state index contributed by atoms with van der Waals surface area (Å²) in [6.07, 6.45) is 0. The number of hydrogen-bond acceptors (Lipinski definition) is 5. The van der Waals surface area contributed by atoms with Gasteiger partial charge in [-0.25, -0.2) is 8.42 Å². The summed E-state index contributed by atoms with van der Waals surface area (Å²) in [6.45, 7) is 1.57. The molecule has 1 fully saturated rings. The highest BCUT2D eigenvalue weighted by Crippen LogP contribution is 2.54. The third-order valence-corrected chi connectivity index (χ3v) is 5.88. The zero-order valence-electron chi connectivity index (χ0n) is 10.8. The number of sulfone groups is 1. The Morgan fingerprint density at radius 3 is 2.42 bits per heavy atom. The van der Waals surface area contributed by atoms with Crippen molar-refractivity contribution in [3.63, 3.8) is 0 Å². The van der Waals surface area contributed by atoms with E-state index in [2.05, 4.69) is 0 Å². The maximum Gasteiger partial charge on any atom is 0.156 e. The molecule has 0 saturated heterocycles. The molecule has 1 aliphatic rings. The van der Waals surface area contributed by atoms with Crippen molar-refractivity contribution in [2.75, 3.05) is 12.9 Å². The van der Waals surface area contributed by atoms with Crippen LogP contribution in [0.5, 0.6) is 5.75 Å². The summed E-state index contributed by atoms with van der Waals surface area (Å²) in [7, 11) is -1.78. The van der Waals surface area contributed by atoms with Gasteiger partial charge in [-0.05, 0) is 17.7 Å². The highest BCUT2D eigenvalue weighted by molar-refractivity contribution is 7.92. The lowest BCUT2D eigenvalue weighted by Gasteiger charge is -2.03. The van der Waals surface area contributed by atoms with E-state index in [9.17, 15) is 8.42 Å². The molecule has 2 N–H and O–H groups in total. The Hall–Kier alpha value is -1.58. The van der Waals surface area contributed by atoms with Crippen molar-refractivity contribution in [2.45, 2.75) is 23.6 Å². The quantitative estimate of drug-likeness (QED) is 0.881. The van der Waals surface area contributed by atoms with E-state index >= 15 is 0 Å². The van der Waals surface area contributed by atoms with Crippen LogP contribution >= 0.6 is 0 Å². The van der Waals surface area contributed by atoms with Crippen LogP contribution in [-0.4, -0.2) is 32.1 Å². The second kappa shape index (κ2) is 4.51. The largest absolute Gasteiger partial charge is 0.497 e. The van der Waals surface area contributed by atoms with Crippen molar-refractivity contribution in [3.05, 3.63) is 29.8 Å². The second-order valence-corrected chi connectivity index (χ2v) is 7.08. The minimum Gasteiger partial charge on any atom is -0.497 e. The molecule has 1 aliphatic carbocycles. The summed E-state index contributed by atoms with van der Waals surface area (Å²) in [6, 6.07) is 8.94. The van der Waals surface area contributed by atoms with Gasteiger partial charge in [0.05, 0.1) is 13.2 Å². The van der Waals surface area contributed by atoms with E-state index in [1.165, 1.54) is 0 Å². The van der Waals surface area contributed by atoms with Gasteiger partial charge >= 0.3 is 0 Å². The number of methoxy groups -OCH3 is 1. The van der Waals surface area contributed by atoms with Crippen LogP contribution in [0.2, 0.25) is 0 Å². The first-order chi connectivity index (χ1) is 8.90. The molecule has 1 aromatic rings. The smallest absolute Gasteiger partial charge is 0.156 e. The minimum atomic E-state index is -3.34. The predicted octanol–water partition coefficient (Wildman–Crippen LogP) is 0.817. The van der Waals surface area contributed by atoms with Crippen LogP contribution in [0, 0.1) is 11.3 Å². The lowest BCUT2D eigenvalue weighted by Crippen LogP contribution is -2.29. The normalized spacial score (nSPS) is 29.6. The number of nitriles is 1. The number of rotatable bonds is 4. The van der Waals surface area contributed by atoms with Gasteiger partial charge < -0.3 is 10.5 Å². The molecule has 0 heterocycles. The molecule has 0 spiro atoms. The maximum absolute atomic E-state index is 12.0. The van der Waals surface area contributed by atoms with Gasteiger partial charge in [0.1, 0.15) is 16.5 Å². The summed E-state index contributed by atoms with van der Waals surface area (Å²) in [5, 5.41) is 8.35. The Morgan fingerprint density at radius 2 is 2.00 bits per heavy atom. The van der Waals surface area contributed by atoms with E-state index < -0.39 is 26.5 Å². The lowest BCUT2D eigenvalue weighted by atomic mass is 10.1. The average molecular weight is 280 g/mol. The number of benzene rings is 1. The van der Waals surface area contributed by atoms with Crippen LogP contribution < -0.4 is 10.5 Å². The lowest BCUT2D eigenvalue weighted by molar-refractivity contribution is 0.414. The summed E-state index contributed by atoms with van der Waals surface area (Å²) in [5.41, 5.74) is 5.37. The molecule has 0 aliphatic heterocycles. The number of ether oxygens (including phenoxy) is 1. The van der Waals surface area contributed by atoms with Gasteiger partial charge in [0, 0.05) is 11.7 Å². The Bertz CT molecular complexity index is 618. The van der Waals surface area contributed by atoms with Crippen molar-refractivity contribution in [1.82, 2.24) is 0 Å². The van der Waals surface area contributed by atoms with E-state index in [0.29, 0.717) is 5.75 Å². The SMILES string of the molecule is CCS(=O)(=O)[C@H]1[C@@H](c2ccc(OC)cc2)[C@@]1(N)C#N. The van der Waals surface area contributed by atoms with Crippen LogP contribution in [0.15, 0.2) is 24.3 Å². The van der Waals surface area contributed by atoms with Crippen molar-refractivity contribution in [3.8, 4) is 11.8 Å². The Morgan fingerprint density at radius 1 is 1.42 bits per heavy atom. The molecule has 0 radical (unpaired) electrons. The van der Waals surface area contributed by atoms with Gasteiger partial charge in [0.2, 0.25) is 0 Å². The van der Waals surface area contributed by atoms with Crippen LogP contribution in [0.25, 0.3) is 0 Å². The Labute approximate surface area is 112 Å². The number of nitrogens with two attached hydrogens (primary N) is 1. The standard InChI is InChI=1S/C13H16N2O3S/c1-3-19(16,17)12-11(13(12,15)8-14)9-4-6-10(18-2)7-5-9/h4-7,11-12H,3,15H2,1-2H3/t11-,12+,13+/m1/s1. The van der Waals surface area contributed by atoms with Crippen LogP contribution in [-0.2, 0) is 9.84 Å². The van der Waals surface area contributed by atoms with Gasteiger partial charge in [-0.15, -0.1) is 0 Å². The second-order valence-electron chi connectivity index (χ2n) is 4.67. The van der Waals surface area contributed by atoms with Crippen LogP contribution in [0.1, 0.15) is 18.4 Å². The van der Waals surface area contributed by atoms with Gasteiger partial charge in [-0.1, -0.05) is 19.1 Å². The zero-order chi connectivity index (χ0) is 14.3. The molecule has 19 heavy (non-hydrogen) atoms. The molecule has 6 heteroatoms. The third kappa shape index (κ3) is 2.09. The third-order valence-electron chi connectivity index (χ3n) is 3.64. The summed E-state index contributed by atoms with van der Waals surface area (Å²) in [5.74, 6) is 0.206. The van der Waals surface area contributed by atoms with E-state index in [0.717, 1.165) is 5.56 Å². The van der Waals surface area contributed by atoms with Gasteiger partial charge in [-0.3, -0.25) is 0 Å². The zero-order valence-corrected chi connectivity index (χ0v) is 11.6. The minimum absolute atomic E-state index is 0.00898. The van der Waals surface area contributed by atoms with Crippen molar-refractivity contribution < 1.29 is 13.2 Å². The molecular formula is C13H16N2O3S. The van der Waals surface area contributed by atoms with Crippen molar-refractivity contribution >= 4 is 9.84 Å². The predicted molar refractivity (Wildman–Crippen MR) is 71.5 cm³/mol. The molecule has 0 bridgehead atoms. The molecule has 0 aromatic heterocycles. The first-order valence-electron chi connectivity index (χ1n) is 5.96. The van der Waals surface area contributed by atoms with E-state index in [-0.39, 0.29) is 5.75 Å². The van der Waals surface area contributed by atoms with Crippen molar-refractivity contribution in [2.24, 2.45) is 5.73 Å². The van der Waals surface area contributed by atoms with Gasteiger partial charge in [0.15, 0.2) is 9.84 Å². The molecule has 0 unspecified atom stereocenters. The Balaban J connectivity index is 2.37. The summed E-state index contributed by atoms with van der Waals surface area (Å²) in [4.78, 5) is 0. The maximum atomic E-state index is 12.0. The molecule has 1 aromatic carbocycles. The molecule has 0 amide bonds. The molecule has 102 valence electrons. The molecule has 2 rings (SSSR count). The monoisotopic (exact) mass is 280 g/mol. The number of hydrogen-bond donors (Lipinski definition) is 1. The highest BCUT2D eigenvalue weighted by Gasteiger charge is 2.69. The number of nitrogens with zero attached hydrogens (tertiary/aromatic N) is 1. The first-order valence-corrected chi connectivity index (χ1v) is 7.68. The topological polar surface area (TPSA) is 93.2 Å². The van der Waals surface area contributed by atoms with E-state index in [4.69, 9.17) is 15.7 Å². The van der Waals surface area contributed by atoms with Crippen LogP contribution in [0.3, 0.4) is 0 Å². The highest BCUT2D eigenvalue weighted by atomic mass is 32.2.